The molecule has 1 aliphatic heterocycles. The van der Waals surface area contributed by atoms with Crippen LogP contribution in [0.15, 0.2) is 30.5 Å². The number of rotatable bonds is 3. The molecule has 2 unspecified atom stereocenters. The third kappa shape index (κ3) is 2.60. The fourth-order valence-electron chi connectivity index (χ4n) is 3.51. The highest BCUT2D eigenvalue weighted by Gasteiger charge is 2.38. The molecule has 0 spiro atoms. The normalized spacial score (nSPS) is 23.7. The highest BCUT2D eigenvalue weighted by Crippen LogP contribution is 2.42. The Morgan fingerprint density at radius 3 is 2.71 bits per heavy atom. The number of hydrogen-bond donors (Lipinski definition) is 2. The van der Waals surface area contributed by atoms with Crippen LogP contribution >= 0.6 is 0 Å². The summed E-state index contributed by atoms with van der Waals surface area (Å²) in [5.41, 5.74) is 2.05. The molecule has 2 aromatic rings. The van der Waals surface area contributed by atoms with E-state index in [1.807, 2.05) is 0 Å². The number of benzene rings is 1. The van der Waals surface area contributed by atoms with E-state index in [9.17, 15) is 18.7 Å². The molecule has 2 heterocycles. The number of aliphatic hydroxyl groups is 1. The Hall–Kier alpha value is -2.21. The summed E-state index contributed by atoms with van der Waals surface area (Å²) in [6.07, 6.45) is 3.53. The van der Waals surface area contributed by atoms with E-state index in [1.165, 1.54) is 6.07 Å². The first-order valence-corrected chi connectivity index (χ1v) is 8.16. The summed E-state index contributed by atoms with van der Waals surface area (Å²) in [6, 6.07) is 4.94. The molecule has 24 heavy (non-hydrogen) atoms. The fourth-order valence-corrected chi connectivity index (χ4v) is 3.51. The first-order chi connectivity index (χ1) is 11.5. The van der Waals surface area contributed by atoms with E-state index in [0.29, 0.717) is 23.5 Å². The van der Waals surface area contributed by atoms with Crippen LogP contribution in [0.2, 0.25) is 0 Å². The number of amides is 1. The number of halogens is 2. The average molecular weight is 332 g/mol. The predicted molar refractivity (Wildman–Crippen MR) is 83.5 cm³/mol. The summed E-state index contributed by atoms with van der Waals surface area (Å²) < 4.78 is 26.7. The Balaban J connectivity index is 1.65. The molecular weight excluding hydrogens is 314 g/mol. The fraction of sp³-hybridized carbons (Fsp3) is 0.389. The van der Waals surface area contributed by atoms with Crippen LogP contribution in [0.4, 0.5) is 8.78 Å². The third-order valence-corrected chi connectivity index (χ3v) is 4.86. The van der Waals surface area contributed by atoms with Crippen molar-refractivity contribution in [2.24, 2.45) is 0 Å². The van der Waals surface area contributed by atoms with Gasteiger partial charge in [-0.1, -0.05) is 6.07 Å². The molecule has 2 fully saturated rings. The highest BCUT2D eigenvalue weighted by molar-refractivity contribution is 5.96. The summed E-state index contributed by atoms with van der Waals surface area (Å²) in [5.74, 6) is -1.64. The Labute approximate surface area is 138 Å². The number of nitrogens with one attached hydrogen (secondary N) is 1. The van der Waals surface area contributed by atoms with Crippen LogP contribution < -0.4 is 0 Å². The number of hydrogen-bond acceptors (Lipinski definition) is 2. The maximum atomic E-state index is 13.6. The second-order valence-corrected chi connectivity index (χ2v) is 6.62. The molecule has 6 heteroatoms. The van der Waals surface area contributed by atoms with E-state index < -0.39 is 23.8 Å². The number of aromatic amines is 1. The van der Waals surface area contributed by atoms with Crippen molar-refractivity contribution in [2.75, 3.05) is 6.54 Å². The molecule has 1 amide bonds. The number of β-amino-alcohol motifs (C(OH)–C–C–N with tert-alkyl or cyclic N) is 1. The molecule has 0 radical (unpaired) electrons. The average Bonchev–Trinajstić information content (AvgIpc) is 3.15. The molecule has 1 aromatic carbocycles. The molecule has 2 N–H and O–H groups in total. The summed E-state index contributed by atoms with van der Waals surface area (Å²) in [6.45, 7) is 0.192. The van der Waals surface area contributed by atoms with Crippen molar-refractivity contribution in [3.63, 3.8) is 0 Å². The maximum Gasteiger partial charge on any atom is 0.256 e. The molecule has 4 rings (SSSR count). The summed E-state index contributed by atoms with van der Waals surface area (Å²) in [4.78, 5) is 17.7. The van der Waals surface area contributed by atoms with E-state index in [1.54, 1.807) is 17.2 Å². The summed E-state index contributed by atoms with van der Waals surface area (Å²) >= 11 is 0. The van der Waals surface area contributed by atoms with Gasteiger partial charge in [0.05, 0.1) is 17.7 Å². The van der Waals surface area contributed by atoms with Gasteiger partial charge in [0.1, 0.15) is 0 Å². The van der Waals surface area contributed by atoms with Crippen molar-refractivity contribution in [1.29, 1.82) is 0 Å². The molecular formula is C18H18F2N2O2. The van der Waals surface area contributed by atoms with Crippen LogP contribution in [0.5, 0.6) is 0 Å². The first-order valence-electron chi connectivity index (χ1n) is 8.16. The van der Waals surface area contributed by atoms with Gasteiger partial charge in [-0.15, -0.1) is 0 Å². The van der Waals surface area contributed by atoms with E-state index in [2.05, 4.69) is 4.98 Å². The van der Waals surface area contributed by atoms with Gasteiger partial charge in [0.2, 0.25) is 0 Å². The molecule has 4 nitrogen and oxygen atoms in total. The topological polar surface area (TPSA) is 56.3 Å². The smallest absolute Gasteiger partial charge is 0.256 e. The minimum Gasteiger partial charge on any atom is -0.391 e. The molecule has 0 bridgehead atoms. The van der Waals surface area contributed by atoms with Crippen LogP contribution in [-0.4, -0.2) is 33.5 Å². The van der Waals surface area contributed by atoms with Crippen LogP contribution in [0, 0.1) is 11.6 Å². The minimum absolute atomic E-state index is 0.176. The quantitative estimate of drug-likeness (QED) is 0.907. The second kappa shape index (κ2) is 5.70. The molecule has 1 saturated heterocycles. The zero-order valence-corrected chi connectivity index (χ0v) is 13.0. The van der Waals surface area contributed by atoms with E-state index in [4.69, 9.17) is 0 Å². The Morgan fingerprint density at radius 2 is 2.00 bits per heavy atom. The lowest BCUT2D eigenvalue weighted by molar-refractivity contribution is 0.0714. The van der Waals surface area contributed by atoms with Gasteiger partial charge < -0.3 is 15.0 Å². The predicted octanol–water partition coefficient (Wildman–Crippen LogP) is 3.12. The number of carbonyl (C=O) groups excluding carboxylic acids is 1. The number of aliphatic hydroxyl groups excluding tert-OH is 1. The zero-order valence-electron chi connectivity index (χ0n) is 13.0. The van der Waals surface area contributed by atoms with Crippen LogP contribution in [0.1, 0.15) is 52.8 Å². The van der Waals surface area contributed by atoms with Gasteiger partial charge in [0.15, 0.2) is 11.6 Å². The minimum atomic E-state index is -0.943. The Morgan fingerprint density at radius 1 is 1.21 bits per heavy atom. The third-order valence-electron chi connectivity index (χ3n) is 4.86. The van der Waals surface area contributed by atoms with Gasteiger partial charge >= 0.3 is 0 Å². The Bertz CT molecular complexity index is 785. The molecule has 1 saturated carbocycles. The summed E-state index contributed by atoms with van der Waals surface area (Å²) in [5, 5.41) is 10.0. The van der Waals surface area contributed by atoms with E-state index >= 15 is 0 Å². The van der Waals surface area contributed by atoms with Crippen molar-refractivity contribution >= 4 is 5.91 Å². The molecule has 2 atom stereocenters. The maximum absolute atomic E-state index is 13.6. The van der Waals surface area contributed by atoms with Crippen molar-refractivity contribution in [1.82, 2.24) is 9.88 Å². The van der Waals surface area contributed by atoms with Crippen molar-refractivity contribution in [3.05, 3.63) is 58.9 Å². The molecule has 1 aliphatic carbocycles. The van der Waals surface area contributed by atoms with Gasteiger partial charge in [-0.2, -0.15) is 0 Å². The van der Waals surface area contributed by atoms with Gasteiger partial charge in [0, 0.05) is 18.4 Å². The zero-order chi connectivity index (χ0) is 16.8. The van der Waals surface area contributed by atoms with Gasteiger partial charge in [-0.25, -0.2) is 8.78 Å². The molecule has 1 aromatic heterocycles. The van der Waals surface area contributed by atoms with Crippen LogP contribution in [0.3, 0.4) is 0 Å². The van der Waals surface area contributed by atoms with Gasteiger partial charge in [-0.05, 0) is 48.9 Å². The number of aromatic nitrogens is 1. The van der Waals surface area contributed by atoms with E-state index in [-0.39, 0.29) is 12.5 Å². The lowest BCUT2D eigenvalue weighted by Gasteiger charge is -2.25. The molecule has 2 aliphatic rings. The number of likely N-dealkylation sites (tertiary alicyclic amines) is 1. The largest absolute Gasteiger partial charge is 0.391 e. The number of carbonyl (C=O) groups is 1. The van der Waals surface area contributed by atoms with Crippen molar-refractivity contribution < 1.29 is 18.7 Å². The van der Waals surface area contributed by atoms with Crippen LogP contribution in [0.25, 0.3) is 0 Å². The number of H-pyrrole nitrogens is 1. The van der Waals surface area contributed by atoms with E-state index in [0.717, 1.165) is 30.7 Å². The van der Waals surface area contributed by atoms with Crippen molar-refractivity contribution in [2.45, 2.75) is 37.3 Å². The number of nitrogens with zero attached hydrogens (tertiary/aromatic N) is 1. The summed E-state index contributed by atoms with van der Waals surface area (Å²) in [7, 11) is 0. The monoisotopic (exact) mass is 332 g/mol. The van der Waals surface area contributed by atoms with Gasteiger partial charge in [0.25, 0.3) is 5.91 Å². The van der Waals surface area contributed by atoms with Gasteiger partial charge in [-0.3, -0.25) is 4.79 Å². The lowest BCUT2D eigenvalue weighted by Crippen LogP contribution is -2.32. The van der Waals surface area contributed by atoms with Crippen molar-refractivity contribution in [3.8, 4) is 0 Å². The second-order valence-electron chi connectivity index (χ2n) is 6.62. The highest BCUT2D eigenvalue weighted by atomic mass is 19.2. The Kier molecular flexibility index (Phi) is 3.64. The first kappa shape index (κ1) is 15.3. The lowest BCUT2D eigenvalue weighted by atomic mass is 10.0. The van der Waals surface area contributed by atoms with Crippen LogP contribution in [-0.2, 0) is 0 Å². The SMILES string of the molecule is O=C(c1cc[nH]c1C1CC1)N1CC(O)CC1c1ccc(F)c(F)c1. The standard InChI is InChI=1S/C18H18F2N2O2/c19-14-4-3-11(7-15(14)20)16-8-12(23)9-22(16)18(24)13-5-6-21-17(13)10-1-2-10/h3-7,10,12,16,21,23H,1-2,8-9H2. The molecule has 126 valence electrons.